The first-order chi connectivity index (χ1) is 23.5. The van der Waals surface area contributed by atoms with Gasteiger partial charge in [0.05, 0.1) is 39.0 Å². The van der Waals surface area contributed by atoms with Crippen LogP contribution in [0.4, 0.5) is 11.6 Å². The molecule has 4 bridgehead atoms. The van der Waals surface area contributed by atoms with Crippen molar-refractivity contribution < 1.29 is 173 Å². The van der Waals surface area contributed by atoms with Crippen molar-refractivity contribution >= 4 is 34.0 Å². The molecule has 5 heterocycles. The summed E-state index contributed by atoms with van der Waals surface area (Å²) < 4.78 is 15.1. The van der Waals surface area contributed by atoms with Gasteiger partial charge in [-0.3, -0.25) is 0 Å². The van der Waals surface area contributed by atoms with E-state index in [0.29, 0.717) is 66.3 Å². The van der Waals surface area contributed by atoms with Crippen molar-refractivity contribution in [1.29, 1.82) is 0 Å². The minimum absolute atomic E-state index is 0. The number of hydrogen-bond donors (Lipinski definition) is 2. The maximum absolute atomic E-state index is 5.99. The Morgan fingerprint density at radius 1 is 0.774 bits per heavy atom. The SMILES string of the molecule is C=CCCOc1nc(N)c2ncn(Cc3cccc(CC=C)c3)c2n1.Nc1nc2nc3c1ncn3Cc1cccc(c1)C/C=C\CCO2.[Y].[Y].[Y].[Y].[Y]. The molecule has 4 N–H and O–H groups in total. The number of fused-ring (bicyclic) bond motifs is 4. The predicted octanol–water partition coefficient (Wildman–Crippen LogP) is 5.47. The average Bonchev–Trinajstić information content (AvgIpc) is 3.68. The quantitative estimate of drug-likeness (QED) is 0.148. The smallest absolute Gasteiger partial charge is 0.320 e. The molecule has 17 heteroatoms. The van der Waals surface area contributed by atoms with E-state index in [9.17, 15) is 0 Å². The number of imidazole rings is 2. The third-order valence-electron chi connectivity index (χ3n) is 7.60. The molecule has 7 rings (SSSR count). The molecule has 53 heavy (non-hydrogen) atoms. The van der Waals surface area contributed by atoms with E-state index >= 15 is 0 Å². The van der Waals surface area contributed by atoms with Gasteiger partial charge in [-0.05, 0) is 47.9 Å². The van der Waals surface area contributed by atoms with Crippen LogP contribution in [0.3, 0.4) is 0 Å². The summed E-state index contributed by atoms with van der Waals surface area (Å²) in [7, 11) is 0. The van der Waals surface area contributed by atoms with Gasteiger partial charge in [0, 0.05) is 164 Å². The molecule has 4 aromatic heterocycles. The number of ether oxygens (including phenoxy) is 2. The van der Waals surface area contributed by atoms with Crippen molar-refractivity contribution in [1.82, 2.24) is 39.0 Å². The third kappa shape index (κ3) is 14.1. The fourth-order valence-electron chi connectivity index (χ4n) is 5.31. The van der Waals surface area contributed by atoms with Crippen LogP contribution >= 0.6 is 0 Å². The van der Waals surface area contributed by atoms with Gasteiger partial charge in [0.15, 0.2) is 34.0 Å². The number of anilines is 2. The third-order valence-corrected chi connectivity index (χ3v) is 7.60. The number of nitrogens with two attached hydrogens (primary N) is 2. The van der Waals surface area contributed by atoms with E-state index < -0.39 is 0 Å². The number of nitrogens with zero attached hydrogens (tertiary/aromatic N) is 8. The minimum atomic E-state index is 0. The second kappa shape index (κ2) is 25.7. The Morgan fingerprint density at radius 3 is 2.28 bits per heavy atom. The van der Waals surface area contributed by atoms with Crippen molar-refractivity contribution in [3.05, 3.63) is 121 Å². The number of aromatic nitrogens is 8. The molecule has 0 atom stereocenters. The van der Waals surface area contributed by atoms with Crippen molar-refractivity contribution in [3.8, 4) is 12.0 Å². The molecule has 0 unspecified atom stereocenters. The first kappa shape index (κ1) is 50.5. The Hall–Kier alpha value is -0.521. The summed E-state index contributed by atoms with van der Waals surface area (Å²) in [6, 6.07) is 17.5. The van der Waals surface area contributed by atoms with Crippen molar-refractivity contribution in [2.45, 2.75) is 38.8 Å². The Morgan fingerprint density at radius 2 is 1.49 bits per heavy atom. The van der Waals surface area contributed by atoms with Crippen LogP contribution in [0.5, 0.6) is 12.0 Å². The van der Waals surface area contributed by atoms with E-state index in [1.54, 1.807) is 18.7 Å². The van der Waals surface area contributed by atoms with Gasteiger partial charge in [-0.25, -0.2) is 9.97 Å². The summed E-state index contributed by atoms with van der Waals surface area (Å²) in [5.41, 5.74) is 19.4. The van der Waals surface area contributed by atoms with Gasteiger partial charge in [0.2, 0.25) is 0 Å². The van der Waals surface area contributed by atoms with Crippen LogP contribution in [-0.4, -0.2) is 52.3 Å². The van der Waals surface area contributed by atoms with Gasteiger partial charge >= 0.3 is 12.0 Å². The van der Waals surface area contributed by atoms with E-state index in [1.165, 1.54) is 16.7 Å². The molecule has 0 spiro atoms. The minimum Gasteiger partial charge on any atom is -0.463 e. The molecule has 0 saturated carbocycles. The number of nitrogen functional groups attached to an aromatic ring is 2. The molecule has 0 amide bonds. The Labute approximate surface area is 435 Å². The molecular weight excluding hydrogens is 1050 g/mol. The summed E-state index contributed by atoms with van der Waals surface area (Å²) in [5.74, 6) is 0.665. The van der Waals surface area contributed by atoms with E-state index in [-0.39, 0.29) is 170 Å². The van der Waals surface area contributed by atoms with Crippen molar-refractivity contribution in [2.75, 3.05) is 24.7 Å². The zero-order valence-electron chi connectivity index (χ0n) is 29.6. The molecule has 259 valence electrons. The summed E-state index contributed by atoms with van der Waals surface area (Å²) in [4.78, 5) is 25.9. The second-order valence-corrected chi connectivity index (χ2v) is 11.2. The normalized spacial score (nSPS) is 12.0. The van der Waals surface area contributed by atoms with Gasteiger partial charge in [-0.2, -0.15) is 19.9 Å². The zero-order valence-corrected chi connectivity index (χ0v) is 43.8. The van der Waals surface area contributed by atoms with Gasteiger partial charge in [0.1, 0.15) is 0 Å². The first-order valence-corrected chi connectivity index (χ1v) is 15.8. The van der Waals surface area contributed by atoms with E-state index in [4.69, 9.17) is 20.9 Å². The van der Waals surface area contributed by atoms with Crippen LogP contribution < -0.4 is 20.9 Å². The Kier molecular flexibility index (Phi) is 24.5. The topological polar surface area (TPSA) is 158 Å². The van der Waals surface area contributed by atoms with Crippen molar-refractivity contribution in [2.24, 2.45) is 0 Å². The van der Waals surface area contributed by atoms with Gasteiger partial charge in [-0.15, -0.1) is 13.2 Å². The molecule has 5 radical (unpaired) electrons. The number of rotatable bonds is 8. The van der Waals surface area contributed by atoms with Crippen LogP contribution in [-0.2, 0) is 189 Å². The molecule has 1 aliphatic rings. The van der Waals surface area contributed by atoms with Gasteiger partial charge in [-0.1, -0.05) is 72.8 Å². The second-order valence-electron chi connectivity index (χ2n) is 11.2. The van der Waals surface area contributed by atoms with Crippen LogP contribution in [0, 0.1) is 0 Å². The largest absolute Gasteiger partial charge is 0.463 e. The number of benzene rings is 2. The fraction of sp³-hybridized carbons (Fsp3) is 0.222. The molecule has 1 aliphatic heterocycles. The summed E-state index contributed by atoms with van der Waals surface area (Å²) >= 11 is 0. The van der Waals surface area contributed by atoms with Crippen LogP contribution in [0.15, 0.2) is 98.6 Å². The average molecular weight is 1090 g/mol. The van der Waals surface area contributed by atoms with Gasteiger partial charge in [0.25, 0.3) is 0 Å². The molecule has 0 fully saturated rings. The molecule has 2 aromatic carbocycles. The summed E-state index contributed by atoms with van der Waals surface area (Å²) in [5, 5.41) is 0. The van der Waals surface area contributed by atoms with E-state index in [1.807, 2.05) is 21.3 Å². The Bertz CT molecular complexity index is 2100. The maximum atomic E-state index is 5.99. The molecule has 6 aromatic rings. The molecular formula is C36H38N10O2Y5. The summed E-state index contributed by atoms with van der Waals surface area (Å²) in [6.45, 7) is 9.77. The van der Waals surface area contributed by atoms with Crippen molar-refractivity contribution in [3.63, 3.8) is 0 Å². The predicted molar refractivity (Wildman–Crippen MR) is 188 cm³/mol. The number of allylic oxidation sites excluding steroid dienone is 2. The standard InChI is InChI=1S/C19H21N5O.C17H17N5O.5Y/c1-3-5-10-25-19-22-17(20)16-18(23-19)24(13-21-16)12-15-9-6-8-14(11-15)7-4-2;18-15-14-16-21-17(20-15)23-8-3-1-2-5-12-6-4-7-13(9-12)10-22(16)11-19-14;;;;;/h3-4,6,8-9,11,13H,1-2,5,7,10,12H2,(H2,20,22,23);1-2,4,6-7,9,11H,3,5,8,10H2,(H2,18,20,21);;;;;/b;2-1-;;;;;. The van der Waals surface area contributed by atoms with E-state index in [2.05, 4.69) is 97.7 Å². The molecule has 0 saturated heterocycles. The maximum Gasteiger partial charge on any atom is 0.320 e. The summed E-state index contributed by atoms with van der Waals surface area (Å²) in [6.07, 6.45) is 14.7. The van der Waals surface area contributed by atoms with E-state index in [0.717, 1.165) is 31.2 Å². The monoisotopic (exact) mass is 1090 g/mol. The molecule has 0 aliphatic carbocycles. The van der Waals surface area contributed by atoms with Crippen LogP contribution in [0.1, 0.15) is 35.1 Å². The van der Waals surface area contributed by atoms with Crippen LogP contribution in [0.25, 0.3) is 22.3 Å². The Balaban J connectivity index is 0.000000485. The molecule has 12 nitrogen and oxygen atoms in total. The van der Waals surface area contributed by atoms with Crippen LogP contribution in [0.2, 0.25) is 0 Å². The zero-order chi connectivity index (χ0) is 33.3. The number of hydrogen-bond acceptors (Lipinski definition) is 10. The first-order valence-electron chi connectivity index (χ1n) is 15.8. The van der Waals surface area contributed by atoms with Gasteiger partial charge < -0.3 is 30.1 Å². The fourth-order valence-corrected chi connectivity index (χ4v) is 5.31.